The number of amides is 1. The van der Waals surface area contributed by atoms with Crippen LogP contribution in [0.4, 0.5) is 5.69 Å². The van der Waals surface area contributed by atoms with Crippen molar-refractivity contribution >= 4 is 45.1 Å². The number of anilines is 1. The number of aliphatic carboxylic acids is 1. The van der Waals surface area contributed by atoms with Crippen molar-refractivity contribution in [1.82, 2.24) is 4.90 Å². The van der Waals surface area contributed by atoms with Crippen LogP contribution in [-0.2, 0) is 14.3 Å². The lowest BCUT2D eigenvalue weighted by atomic mass is 10.2. The Balaban J connectivity index is 1.98. The number of hydrogen-bond acceptors (Lipinski definition) is 4. The first-order valence-electron chi connectivity index (χ1n) is 6.27. The van der Waals surface area contributed by atoms with Gasteiger partial charge in [-0.05, 0) is 18.2 Å². The number of ether oxygens (including phenoxy) is 1. The van der Waals surface area contributed by atoms with E-state index in [1.54, 1.807) is 23.1 Å². The van der Waals surface area contributed by atoms with Gasteiger partial charge >= 0.3 is 5.97 Å². The highest BCUT2D eigenvalue weighted by Gasteiger charge is 2.30. The number of halogens is 2. The summed E-state index contributed by atoms with van der Waals surface area (Å²) in [5.41, 5.74) is 0.491. The summed E-state index contributed by atoms with van der Waals surface area (Å²) in [6, 6.07) is 4.31. The maximum atomic E-state index is 12.0. The molecule has 1 heterocycles. The second-order valence-electron chi connectivity index (χ2n) is 4.57. The van der Waals surface area contributed by atoms with E-state index in [-0.39, 0.29) is 19.1 Å². The van der Waals surface area contributed by atoms with Crippen LogP contribution in [0, 0.1) is 0 Å². The minimum Gasteiger partial charge on any atom is -0.480 e. The SMILES string of the molecule is O=C(CN1CCOCC1C(=O)O)Nc1ccc(Br)cc1Cl. The van der Waals surface area contributed by atoms with E-state index in [4.69, 9.17) is 21.4 Å². The van der Waals surface area contributed by atoms with Gasteiger partial charge in [-0.1, -0.05) is 27.5 Å². The molecule has 1 saturated heterocycles. The molecule has 1 aliphatic heterocycles. The lowest BCUT2D eigenvalue weighted by Gasteiger charge is -2.32. The van der Waals surface area contributed by atoms with Gasteiger partial charge in [0, 0.05) is 11.0 Å². The Kier molecular flexibility index (Phi) is 5.58. The van der Waals surface area contributed by atoms with Crippen LogP contribution in [0.15, 0.2) is 22.7 Å². The fraction of sp³-hybridized carbons (Fsp3) is 0.385. The van der Waals surface area contributed by atoms with Crippen molar-refractivity contribution in [1.29, 1.82) is 0 Å². The molecule has 114 valence electrons. The van der Waals surface area contributed by atoms with E-state index < -0.39 is 12.0 Å². The van der Waals surface area contributed by atoms with Gasteiger partial charge in [-0.2, -0.15) is 0 Å². The third-order valence-corrected chi connectivity index (χ3v) is 3.88. The molecule has 21 heavy (non-hydrogen) atoms. The maximum absolute atomic E-state index is 12.0. The van der Waals surface area contributed by atoms with Crippen LogP contribution in [0.5, 0.6) is 0 Å². The van der Waals surface area contributed by atoms with Crippen molar-refractivity contribution in [2.75, 3.05) is 31.6 Å². The molecular weight excluding hydrogens is 364 g/mol. The van der Waals surface area contributed by atoms with Crippen LogP contribution in [0.1, 0.15) is 0 Å². The monoisotopic (exact) mass is 376 g/mol. The van der Waals surface area contributed by atoms with Gasteiger partial charge in [0.1, 0.15) is 6.04 Å². The molecule has 1 unspecified atom stereocenters. The van der Waals surface area contributed by atoms with Crippen molar-refractivity contribution in [3.05, 3.63) is 27.7 Å². The maximum Gasteiger partial charge on any atom is 0.323 e. The molecule has 1 aliphatic rings. The number of morpholine rings is 1. The molecule has 1 fully saturated rings. The van der Waals surface area contributed by atoms with Gasteiger partial charge in [0.05, 0.1) is 30.5 Å². The number of carbonyl (C=O) groups is 2. The highest BCUT2D eigenvalue weighted by atomic mass is 79.9. The normalized spacial score (nSPS) is 19.2. The summed E-state index contributed by atoms with van der Waals surface area (Å²) in [6.45, 7) is 0.878. The third kappa shape index (κ3) is 4.41. The van der Waals surface area contributed by atoms with Gasteiger partial charge in [0.2, 0.25) is 5.91 Å². The second kappa shape index (κ2) is 7.22. The number of benzene rings is 1. The molecule has 0 spiro atoms. The zero-order chi connectivity index (χ0) is 15.4. The van der Waals surface area contributed by atoms with Crippen LogP contribution >= 0.6 is 27.5 Å². The van der Waals surface area contributed by atoms with Crippen molar-refractivity contribution in [3.8, 4) is 0 Å². The summed E-state index contributed by atoms with van der Waals surface area (Å²) >= 11 is 9.30. The summed E-state index contributed by atoms with van der Waals surface area (Å²) in [4.78, 5) is 24.7. The topological polar surface area (TPSA) is 78.9 Å². The second-order valence-corrected chi connectivity index (χ2v) is 5.89. The molecule has 2 N–H and O–H groups in total. The van der Waals surface area contributed by atoms with Crippen molar-refractivity contribution in [2.45, 2.75) is 6.04 Å². The molecular formula is C13H14BrClN2O4. The van der Waals surface area contributed by atoms with Gasteiger partial charge in [0.25, 0.3) is 0 Å². The molecule has 0 radical (unpaired) electrons. The predicted octanol–water partition coefficient (Wildman–Crippen LogP) is 1.83. The Morgan fingerprint density at radius 2 is 2.29 bits per heavy atom. The number of carboxylic acid groups (broad SMARTS) is 1. The number of hydrogen-bond donors (Lipinski definition) is 2. The molecule has 1 aromatic rings. The van der Waals surface area contributed by atoms with Crippen molar-refractivity contribution in [2.24, 2.45) is 0 Å². The van der Waals surface area contributed by atoms with E-state index in [1.807, 2.05) is 0 Å². The van der Waals surface area contributed by atoms with E-state index in [0.717, 1.165) is 4.47 Å². The van der Waals surface area contributed by atoms with Gasteiger partial charge in [0.15, 0.2) is 0 Å². The number of nitrogens with one attached hydrogen (secondary N) is 1. The van der Waals surface area contributed by atoms with Crippen LogP contribution in [0.2, 0.25) is 5.02 Å². The van der Waals surface area contributed by atoms with Crippen LogP contribution < -0.4 is 5.32 Å². The largest absolute Gasteiger partial charge is 0.480 e. The molecule has 0 aliphatic carbocycles. The Labute approximate surface area is 135 Å². The number of nitrogens with zero attached hydrogens (tertiary/aromatic N) is 1. The van der Waals surface area contributed by atoms with Crippen molar-refractivity contribution in [3.63, 3.8) is 0 Å². The highest BCUT2D eigenvalue weighted by Crippen LogP contribution is 2.25. The minimum absolute atomic E-state index is 0.0211. The number of rotatable bonds is 4. The predicted molar refractivity (Wildman–Crippen MR) is 81.6 cm³/mol. The fourth-order valence-corrected chi connectivity index (χ4v) is 2.74. The minimum atomic E-state index is -0.996. The first-order chi connectivity index (χ1) is 9.97. The fourth-order valence-electron chi connectivity index (χ4n) is 2.02. The van der Waals surface area contributed by atoms with E-state index in [0.29, 0.717) is 23.9 Å². The van der Waals surface area contributed by atoms with Gasteiger partial charge in [-0.15, -0.1) is 0 Å². The summed E-state index contributed by atoms with van der Waals surface area (Å²) in [7, 11) is 0. The third-order valence-electron chi connectivity index (χ3n) is 3.08. The molecule has 0 bridgehead atoms. The van der Waals surface area contributed by atoms with E-state index >= 15 is 0 Å². The molecule has 0 saturated carbocycles. The van der Waals surface area contributed by atoms with Crippen LogP contribution in [0.25, 0.3) is 0 Å². The zero-order valence-electron chi connectivity index (χ0n) is 11.0. The first-order valence-corrected chi connectivity index (χ1v) is 7.44. The van der Waals surface area contributed by atoms with E-state index in [1.165, 1.54) is 0 Å². The van der Waals surface area contributed by atoms with E-state index in [2.05, 4.69) is 21.2 Å². The average Bonchev–Trinajstić information content (AvgIpc) is 2.42. The van der Waals surface area contributed by atoms with Crippen molar-refractivity contribution < 1.29 is 19.4 Å². The van der Waals surface area contributed by atoms with Crippen LogP contribution in [0.3, 0.4) is 0 Å². The summed E-state index contributed by atoms with van der Waals surface area (Å²) < 4.78 is 5.94. The molecule has 8 heteroatoms. The molecule has 0 aromatic heterocycles. The summed E-state index contributed by atoms with van der Waals surface area (Å²) in [5, 5.41) is 12.2. The van der Waals surface area contributed by atoms with Crippen LogP contribution in [-0.4, -0.2) is 54.2 Å². The highest BCUT2D eigenvalue weighted by molar-refractivity contribution is 9.10. The molecule has 1 amide bonds. The van der Waals surface area contributed by atoms with Gasteiger partial charge < -0.3 is 15.2 Å². The number of carbonyl (C=O) groups excluding carboxylic acids is 1. The summed E-state index contributed by atoms with van der Waals surface area (Å²) in [6.07, 6.45) is 0. The lowest BCUT2D eigenvalue weighted by molar-refractivity contribution is -0.150. The molecule has 1 aromatic carbocycles. The Morgan fingerprint density at radius 3 is 2.95 bits per heavy atom. The molecule has 1 atom stereocenters. The Hall–Kier alpha value is -1.15. The van der Waals surface area contributed by atoms with Gasteiger partial charge in [-0.3, -0.25) is 14.5 Å². The standard InChI is InChI=1S/C13H14BrClN2O4/c14-8-1-2-10(9(15)5-8)16-12(18)6-17-3-4-21-7-11(17)13(19)20/h1-2,5,11H,3-4,6-7H2,(H,16,18)(H,19,20). The zero-order valence-corrected chi connectivity index (χ0v) is 13.4. The Morgan fingerprint density at radius 1 is 1.52 bits per heavy atom. The summed E-state index contributed by atoms with van der Waals surface area (Å²) in [5.74, 6) is -1.31. The average molecular weight is 378 g/mol. The molecule has 6 nitrogen and oxygen atoms in total. The van der Waals surface area contributed by atoms with E-state index in [9.17, 15) is 9.59 Å². The quantitative estimate of drug-likeness (QED) is 0.837. The number of carboxylic acids is 1. The molecule has 2 rings (SSSR count). The smallest absolute Gasteiger partial charge is 0.323 e. The lowest BCUT2D eigenvalue weighted by Crippen LogP contribution is -2.52. The Bertz CT molecular complexity index is 555. The van der Waals surface area contributed by atoms with Gasteiger partial charge in [-0.25, -0.2) is 0 Å². The first kappa shape index (κ1) is 16.2.